The van der Waals surface area contributed by atoms with Crippen LogP contribution in [0.5, 0.6) is 0 Å². The van der Waals surface area contributed by atoms with Crippen molar-refractivity contribution in [2.75, 3.05) is 18.1 Å². The lowest BCUT2D eigenvalue weighted by Crippen LogP contribution is -2.05. The zero-order chi connectivity index (χ0) is 29.5. The first-order valence-corrected chi connectivity index (χ1v) is 19.2. The number of Topliss-reactive ketones (excluding diaryl/α,β-unsaturated/α-hetero) is 1. The van der Waals surface area contributed by atoms with Gasteiger partial charge in [0.2, 0.25) is 0 Å². The fraction of sp³-hybridized carbons (Fsp3) is 0.909. The van der Waals surface area contributed by atoms with E-state index < -0.39 is 0 Å². The van der Waals surface area contributed by atoms with Gasteiger partial charge >= 0.3 is 11.9 Å². The quantitative estimate of drug-likeness (QED) is 0.0303. The second-order valence-electron chi connectivity index (χ2n) is 11.3. The fourth-order valence-corrected chi connectivity index (χ4v) is 6.28. The van der Waals surface area contributed by atoms with E-state index >= 15 is 0 Å². The molecule has 0 aromatic rings. The summed E-state index contributed by atoms with van der Waals surface area (Å²) in [5.41, 5.74) is 0. The maximum atomic E-state index is 11.9. The summed E-state index contributed by atoms with van der Waals surface area (Å²) in [6, 6.07) is 0. The Bertz CT molecular complexity index is 599. The molecule has 0 aliphatic rings. The van der Waals surface area contributed by atoms with Crippen LogP contribution in [-0.4, -0.2) is 39.8 Å². The summed E-state index contributed by atoms with van der Waals surface area (Å²) in [5, 5.41) is 0. The fourth-order valence-electron chi connectivity index (χ4n) is 4.86. The van der Waals surface area contributed by atoms with Crippen molar-refractivity contribution in [2.45, 2.75) is 171 Å². The highest BCUT2D eigenvalue weighted by Gasteiger charge is 2.06. The van der Waals surface area contributed by atoms with Crippen LogP contribution in [0.2, 0.25) is 0 Å². The van der Waals surface area contributed by atoms with Crippen LogP contribution in [0.25, 0.3) is 0 Å². The monoisotopic (exact) mass is 790 g/mol. The molecule has 0 spiro atoms. The van der Waals surface area contributed by atoms with Gasteiger partial charge in [-0.1, -0.05) is 135 Å². The number of carbonyl (C=O) groups excluding carboxylic acids is 3. The highest BCUT2D eigenvalue weighted by Crippen LogP contribution is 2.20. The predicted octanol–water partition coefficient (Wildman–Crippen LogP) is 10.7. The third-order valence-electron chi connectivity index (χ3n) is 7.48. The van der Waals surface area contributed by atoms with Crippen LogP contribution in [0.1, 0.15) is 167 Å². The molecule has 0 bridgehead atoms. The van der Waals surface area contributed by atoms with Crippen LogP contribution in [0, 0.1) is 0 Å². The maximum absolute atomic E-state index is 11.9. The highest BCUT2D eigenvalue weighted by atomic mass is 127. The van der Waals surface area contributed by atoms with E-state index in [1.807, 2.05) is 0 Å². The van der Waals surface area contributed by atoms with Gasteiger partial charge in [-0.2, -0.15) is 0 Å². The Balaban J connectivity index is 3.34. The number of hydrogen-bond donors (Lipinski definition) is 0. The molecular weight excluding hydrogens is 730 g/mol. The molecule has 40 heavy (non-hydrogen) atoms. The predicted molar refractivity (Wildman–Crippen MR) is 185 cm³/mol. The number of hydrogen-bond acceptors (Lipinski definition) is 5. The normalized spacial score (nSPS) is 11.9. The molecule has 236 valence electrons. The average Bonchev–Trinajstić information content (AvgIpc) is 2.94. The van der Waals surface area contributed by atoms with Crippen molar-refractivity contribution in [1.82, 2.24) is 0 Å². The minimum atomic E-state index is -0.0912. The van der Waals surface area contributed by atoms with E-state index in [1.165, 1.54) is 82.2 Å². The lowest BCUT2D eigenvalue weighted by Gasteiger charge is -2.10. The van der Waals surface area contributed by atoms with E-state index in [9.17, 15) is 14.4 Å². The zero-order valence-electron chi connectivity index (χ0n) is 25.7. The number of unbranched alkanes of at least 4 members (excludes halogenated alkanes) is 16. The third-order valence-corrected chi connectivity index (χ3v) is 9.48. The van der Waals surface area contributed by atoms with Gasteiger partial charge < -0.3 is 9.47 Å². The molecule has 0 aliphatic carbocycles. The van der Waals surface area contributed by atoms with Crippen LogP contribution < -0.4 is 0 Å². The molecule has 0 rings (SSSR count). The number of alkyl halides is 2. The van der Waals surface area contributed by atoms with E-state index in [0.29, 0.717) is 25.2 Å². The van der Waals surface area contributed by atoms with Crippen molar-refractivity contribution in [1.29, 1.82) is 0 Å². The van der Waals surface area contributed by atoms with E-state index in [2.05, 4.69) is 49.9 Å². The third kappa shape index (κ3) is 31.0. The maximum Gasteiger partial charge on any atom is 0.305 e. The summed E-state index contributed by atoms with van der Waals surface area (Å²) in [5.74, 6) is 0.307. The molecule has 0 heterocycles. The Morgan fingerprint density at radius 3 is 1.43 bits per heavy atom. The molecule has 0 aliphatic heterocycles. The molecule has 1 atom stereocenters. The Morgan fingerprint density at radius 2 is 0.925 bits per heavy atom. The first-order chi connectivity index (χ1) is 19.5. The average molecular weight is 791 g/mol. The molecule has 0 radical (unpaired) electrons. The van der Waals surface area contributed by atoms with Crippen LogP contribution >= 0.6 is 45.2 Å². The molecule has 0 aromatic heterocycles. The molecule has 0 saturated heterocycles. The van der Waals surface area contributed by atoms with Crippen LogP contribution in [0.4, 0.5) is 0 Å². The summed E-state index contributed by atoms with van der Waals surface area (Å²) >= 11 is 5.02. The number of methoxy groups -OCH3 is 1. The van der Waals surface area contributed by atoms with E-state index in [1.54, 1.807) is 0 Å². The lowest BCUT2D eigenvalue weighted by molar-refractivity contribution is -0.144. The van der Waals surface area contributed by atoms with Crippen LogP contribution in [0.15, 0.2) is 0 Å². The number of ketones is 1. The van der Waals surface area contributed by atoms with Gasteiger partial charge in [-0.3, -0.25) is 14.4 Å². The molecule has 7 heteroatoms. The Kier molecular flexibility index (Phi) is 32.0. The summed E-state index contributed by atoms with van der Waals surface area (Å²) in [6.45, 7) is 0.568. The van der Waals surface area contributed by atoms with Gasteiger partial charge in [0.25, 0.3) is 0 Å². The SMILES string of the molecule is COC(=O)CCCCCCCC[C@H](I)CCCCCCOC(=O)CCCCCCCCC(=O)CCCCCCI. The summed E-state index contributed by atoms with van der Waals surface area (Å²) in [6.07, 6.45) is 28.2. The summed E-state index contributed by atoms with van der Waals surface area (Å²) in [4.78, 5) is 34.9. The minimum Gasteiger partial charge on any atom is -0.469 e. The highest BCUT2D eigenvalue weighted by molar-refractivity contribution is 14.1. The van der Waals surface area contributed by atoms with Crippen LogP contribution in [0.3, 0.4) is 0 Å². The number of esters is 2. The second-order valence-corrected chi connectivity index (χ2v) is 14.1. The van der Waals surface area contributed by atoms with Gasteiger partial charge in [0.05, 0.1) is 13.7 Å². The Hall–Kier alpha value is 0.0700. The van der Waals surface area contributed by atoms with Gasteiger partial charge in [0.15, 0.2) is 0 Å². The number of halogens is 2. The van der Waals surface area contributed by atoms with E-state index in [-0.39, 0.29) is 11.9 Å². The summed E-state index contributed by atoms with van der Waals surface area (Å²) < 4.78 is 12.1. The zero-order valence-corrected chi connectivity index (χ0v) is 30.0. The van der Waals surface area contributed by atoms with Crippen molar-refractivity contribution in [3.05, 3.63) is 0 Å². The van der Waals surface area contributed by atoms with Gasteiger partial charge in [-0.05, 0) is 55.8 Å². The Labute approximate surface area is 274 Å². The van der Waals surface area contributed by atoms with E-state index in [4.69, 9.17) is 4.74 Å². The van der Waals surface area contributed by atoms with Crippen molar-refractivity contribution in [2.24, 2.45) is 0 Å². The Morgan fingerprint density at radius 1 is 0.525 bits per heavy atom. The largest absolute Gasteiger partial charge is 0.469 e. The van der Waals surface area contributed by atoms with Gasteiger partial charge in [0, 0.05) is 29.6 Å². The number of carbonyl (C=O) groups is 3. The molecule has 0 N–H and O–H groups in total. The summed E-state index contributed by atoms with van der Waals surface area (Å²) in [7, 11) is 1.45. The van der Waals surface area contributed by atoms with Crippen LogP contribution in [-0.2, 0) is 23.9 Å². The van der Waals surface area contributed by atoms with Crippen molar-refractivity contribution in [3.8, 4) is 0 Å². The first-order valence-electron chi connectivity index (χ1n) is 16.4. The molecular formula is C33H60I2O5. The first kappa shape index (κ1) is 40.1. The second kappa shape index (κ2) is 32.0. The molecule has 0 unspecified atom stereocenters. The van der Waals surface area contributed by atoms with Crippen molar-refractivity contribution in [3.63, 3.8) is 0 Å². The molecule has 0 saturated carbocycles. The lowest BCUT2D eigenvalue weighted by atomic mass is 10.0. The van der Waals surface area contributed by atoms with E-state index in [0.717, 1.165) is 87.4 Å². The standard InChI is InChI=1S/C33H60I2O5/c1-39-32(37)26-18-8-4-2-6-14-22-30(35)23-15-11-13-21-29-40-33(38)27-19-9-5-3-7-16-24-31(36)25-17-10-12-20-28-34/h30H,2-29H2,1H3/t30-/m0/s1. The number of ether oxygens (including phenoxy) is 2. The molecule has 0 aromatic carbocycles. The van der Waals surface area contributed by atoms with Gasteiger partial charge in [0.1, 0.15) is 5.78 Å². The van der Waals surface area contributed by atoms with Gasteiger partial charge in [-0.25, -0.2) is 0 Å². The topological polar surface area (TPSA) is 69.7 Å². The number of rotatable bonds is 31. The molecule has 0 fully saturated rings. The van der Waals surface area contributed by atoms with Crippen molar-refractivity contribution < 1.29 is 23.9 Å². The minimum absolute atomic E-state index is 0.0418. The smallest absolute Gasteiger partial charge is 0.305 e. The van der Waals surface area contributed by atoms with Gasteiger partial charge in [-0.15, -0.1) is 0 Å². The molecule has 5 nitrogen and oxygen atoms in total. The molecule has 0 amide bonds. The van der Waals surface area contributed by atoms with Crippen molar-refractivity contribution >= 4 is 62.9 Å².